The minimum Gasteiger partial charge on any atom is -0.368 e. The van der Waals surface area contributed by atoms with Gasteiger partial charge in [-0.15, -0.1) is 0 Å². The molecule has 1 aliphatic rings. The lowest BCUT2D eigenvalue weighted by molar-refractivity contribution is -0.384. The van der Waals surface area contributed by atoms with Crippen molar-refractivity contribution in [3.05, 3.63) is 69.8 Å². The topological polar surface area (TPSA) is 122 Å². The highest BCUT2D eigenvalue weighted by molar-refractivity contribution is 5.97. The molecule has 0 aromatic heterocycles. The predicted molar refractivity (Wildman–Crippen MR) is 122 cm³/mol. The number of carbonyl (C=O) groups excluding carboxylic acids is 2. The monoisotopic (exact) mass is 439 g/mol. The summed E-state index contributed by atoms with van der Waals surface area (Å²) in [6.45, 7) is 7.57. The summed E-state index contributed by atoms with van der Waals surface area (Å²) in [4.78, 5) is 40.2. The van der Waals surface area contributed by atoms with E-state index in [1.54, 1.807) is 32.9 Å². The van der Waals surface area contributed by atoms with E-state index in [-0.39, 0.29) is 17.3 Å². The zero-order chi connectivity index (χ0) is 23.5. The zero-order valence-electron chi connectivity index (χ0n) is 18.6. The van der Waals surface area contributed by atoms with E-state index in [9.17, 15) is 19.7 Å². The molecule has 1 heterocycles. The molecule has 9 nitrogen and oxygen atoms in total. The van der Waals surface area contributed by atoms with E-state index in [2.05, 4.69) is 5.32 Å². The van der Waals surface area contributed by atoms with E-state index in [0.29, 0.717) is 26.2 Å². The van der Waals surface area contributed by atoms with Gasteiger partial charge in [-0.25, -0.2) is 0 Å². The smallest absolute Gasteiger partial charge is 0.293 e. The second-order valence-electron chi connectivity index (χ2n) is 8.53. The molecule has 170 valence electrons. The third-order valence-electron chi connectivity index (χ3n) is 6.04. The van der Waals surface area contributed by atoms with Crippen LogP contribution in [-0.2, 0) is 9.59 Å². The second kappa shape index (κ2) is 9.46. The first-order valence-corrected chi connectivity index (χ1v) is 10.5. The molecule has 0 saturated carbocycles. The molecular formula is C23H29N5O4. The standard InChI is InChI=1S/C23H29N5O4/c1-16-9-10-18(19(15-16)28(31)32)25-21(29)20(17-7-5-4-6-8-17)26-11-13-27(14-12-26)23(2,3)22(24)30/h4-10,15,20H,11-14H2,1-3H3,(H2,24,30)(H,25,29). The third-order valence-corrected chi connectivity index (χ3v) is 6.04. The van der Waals surface area contributed by atoms with Gasteiger partial charge in [-0.2, -0.15) is 0 Å². The number of anilines is 1. The van der Waals surface area contributed by atoms with E-state index in [1.165, 1.54) is 6.07 Å². The van der Waals surface area contributed by atoms with Gasteiger partial charge < -0.3 is 11.1 Å². The van der Waals surface area contributed by atoms with Gasteiger partial charge in [0.05, 0.1) is 10.5 Å². The molecule has 9 heteroatoms. The van der Waals surface area contributed by atoms with Gasteiger partial charge in [-0.3, -0.25) is 29.5 Å². The minimum atomic E-state index is -0.779. The number of nitro groups is 1. The Morgan fingerprint density at radius 3 is 2.28 bits per heavy atom. The van der Waals surface area contributed by atoms with Crippen LogP contribution in [0.3, 0.4) is 0 Å². The summed E-state index contributed by atoms with van der Waals surface area (Å²) >= 11 is 0. The Hall–Kier alpha value is -3.30. The molecule has 3 rings (SSSR count). The van der Waals surface area contributed by atoms with Gasteiger partial charge in [-0.1, -0.05) is 36.4 Å². The molecule has 2 aromatic rings. The molecule has 2 aromatic carbocycles. The average Bonchev–Trinajstić information content (AvgIpc) is 2.76. The van der Waals surface area contributed by atoms with E-state index >= 15 is 0 Å². The normalized spacial score (nSPS) is 16.3. The number of rotatable bonds is 7. The molecule has 2 amide bonds. The Kier molecular flexibility index (Phi) is 6.90. The van der Waals surface area contributed by atoms with E-state index in [1.807, 2.05) is 40.1 Å². The van der Waals surface area contributed by atoms with Crippen LogP contribution in [0.15, 0.2) is 48.5 Å². The lowest BCUT2D eigenvalue weighted by Crippen LogP contribution is -2.60. The van der Waals surface area contributed by atoms with Crippen molar-refractivity contribution in [3.63, 3.8) is 0 Å². The summed E-state index contributed by atoms with van der Waals surface area (Å²) in [5.74, 6) is -0.735. The third kappa shape index (κ3) is 4.95. The van der Waals surface area contributed by atoms with Crippen molar-refractivity contribution in [1.29, 1.82) is 0 Å². The van der Waals surface area contributed by atoms with Gasteiger partial charge in [0, 0.05) is 32.2 Å². The van der Waals surface area contributed by atoms with Crippen molar-refractivity contribution in [2.75, 3.05) is 31.5 Å². The maximum atomic E-state index is 13.4. The van der Waals surface area contributed by atoms with Crippen LogP contribution < -0.4 is 11.1 Å². The SMILES string of the molecule is Cc1ccc(NC(=O)C(c2ccccc2)N2CCN(C(C)(C)C(N)=O)CC2)c([N+](=O)[O-])c1. The number of nitrogens with zero attached hydrogens (tertiary/aromatic N) is 3. The van der Waals surface area contributed by atoms with Crippen molar-refractivity contribution in [2.24, 2.45) is 5.73 Å². The van der Waals surface area contributed by atoms with E-state index < -0.39 is 22.4 Å². The van der Waals surface area contributed by atoms with Gasteiger partial charge in [0.2, 0.25) is 11.8 Å². The van der Waals surface area contributed by atoms with Crippen molar-refractivity contribution in [1.82, 2.24) is 9.80 Å². The van der Waals surface area contributed by atoms with Gasteiger partial charge >= 0.3 is 0 Å². The number of piperazine rings is 1. The number of nitrogens with two attached hydrogens (primary N) is 1. The Labute approximate surface area is 187 Å². The molecule has 1 aliphatic heterocycles. The van der Waals surface area contributed by atoms with Crippen LogP contribution in [0.1, 0.15) is 31.0 Å². The fourth-order valence-corrected chi connectivity index (χ4v) is 3.96. The van der Waals surface area contributed by atoms with Crippen LogP contribution >= 0.6 is 0 Å². The Morgan fingerprint density at radius 1 is 1.09 bits per heavy atom. The van der Waals surface area contributed by atoms with E-state index in [4.69, 9.17) is 5.73 Å². The van der Waals surface area contributed by atoms with Crippen molar-refractivity contribution in [2.45, 2.75) is 32.4 Å². The molecule has 1 unspecified atom stereocenters. The number of nitro benzene ring substituents is 1. The fourth-order valence-electron chi connectivity index (χ4n) is 3.96. The van der Waals surface area contributed by atoms with Crippen LogP contribution in [-0.4, -0.2) is 58.3 Å². The van der Waals surface area contributed by atoms with Gasteiger partial charge in [0.1, 0.15) is 11.7 Å². The average molecular weight is 440 g/mol. The lowest BCUT2D eigenvalue weighted by atomic mass is 9.99. The van der Waals surface area contributed by atoms with Crippen LogP contribution in [0.25, 0.3) is 0 Å². The maximum Gasteiger partial charge on any atom is 0.293 e. The highest BCUT2D eigenvalue weighted by Gasteiger charge is 2.38. The summed E-state index contributed by atoms with van der Waals surface area (Å²) in [5, 5.41) is 14.2. The van der Waals surface area contributed by atoms with Crippen LogP contribution in [0, 0.1) is 17.0 Å². The largest absolute Gasteiger partial charge is 0.368 e. The molecule has 1 saturated heterocycles. The molecule has 0 bridgehead atoms. The first kappa shape index (κ1) is 23.4. The summed E-state index contributed by atoms with van der Waals surface area (Å²) < 4.78 is 0. The Balaban J connectivity index is 1.85. The Bertz CT molecular complexity index is 1000. The lowest BCUT2D eigenvalue weighted by Gasteiger charge is -2.44. The molecule has 32 heavy (non-hydrogen) atoms. The molecule has 3 N–H and O–H groups in total. The number of carbonyl (C=O) groups is 2. The molecule has 1 fully saturated rings. The molecule has 0 spiro atoms. The molecule has 0 radical (unpaired) electrons. The van der Waals surface area contributed by atoms with Crippen LogP contribution in [0.5, 0.6) is 0 Å². The van der Waals surface area contributed by atoms with Crippen LogP contribution in [0.4, 0.5) is 11.4 Å². The van der Waals surface area contributed by atoms with Crippen molar-refractivity contribution >= 4 is 23.2 Å². The maximum absolute atomic E-state index is 13.4. The summed E-state index contributed by atoms with van der Waals surface area (Å²) in [5.41, 5.74) is 6.34. The van der Waals surface area contributed by atoms with Crippen molar-refractivity contribution in [3.8, 4) is 0 Å². The number of aryl methyl sites for hydroxylation is 1. The highest BCUT2D eigenvalue weighted by atomic mass is 16.6. The van der Waals surface area contributed by atoms with Gasteiger partial charge in [0.25, 0.3) is 5.69 Å². The first-order chi connectivity index (χ1) is 15.1. The van der Waals surface area contributed by atoms with Gasteiger partial charge in [0.15, 0.2) is 0 Å². The summed E-state index contributed by atoms with van der Waals surface area (Å²) in [6, 6.07) is 13.4. The fraction of sp³-hybridized carbons (Fsp3) is 0.391. The number of benzene rings is 2. The van der Waals surface area contributed by atoms with E-state index in [0.717, 1.165) is 11.1 Å². The summed E-state index contributed by atoms with van der Waals surface area (Å²) in [6.07, 6.45) is 0. The molecule has 1 atom stereocenters. The first-order valence-electron chi connectivity index (χ1n) is 10.5. The highest BCUT2D eigenvalue weighted by Crippen LogP contribution is 2.30. The second-order valence-corrected chi connectivity index (χ2v) is 8.53. The minimum absolute atomic E-state index is 0.141. The quantitative estimate of drug-likeness (QED) is 0.505. The number of primary amides is 1. The number of hydrogen-bond donors (Lipinski definition) is 2. The zero-order valence-corrected chi connectivity index (χ0v) is 18.6. The number of hydrogen-bond acceptors (Lipinski definition) is 6. The van der Waals surface area contributed by atoms with Crippen LogP contribution in [0.2, 0.25) is 0 Å². The van der Waals surface area contributed by atoms with Gasteiger partial charge in [-0.05, 0) is 38.0 Å². The summed E-state index contributed by atoms with van der Waals surface area (Å²) in [7, 11) is 0. The molecule has 0 aliphatic carbocycles. The Morgan fingerprint density at radius 2 is 1.72 bits per heavy atom. The number of amides is 2. The van der Waals surface area contributed by atoms with Crippen molar-refractivity contribution < 1.29 is 14.5 Å². The predicted octanol–water partition coefficient (Wildman–Crippen LogP) is 2.46. The number of nitrogens with one attached hydrogen (secondary N) is 1. The molecular weight excluding hydrogens is 410 g/mol.